The van der Waals surface area contributed by atoms with Crippen LogP contribution in [0.1, 0.15) is 51.9 Å². The zero-order chi connectivity index (χ0) is 11.0. The molecular weight excluding hydrogens is 186 g/mol. The standard InChI is InChI=1S/C13H27NO/c1-3-4-5-6-7-8-13(11-14-2)9-10-15-12-13/h14H,3-12H2,1-2H3. The molecule has 90 valence electrons. The van der Waals surface area contributed by atoms with Gasteiger partial charge in [0.2, 0.25) is 0 Å². The number of nitrogens with one attached hydrogen (secondary N) is 1. The van der Waals surface area contributed by atoms with E-state index in [0.717, 1.165) is 19.8 Å². The fourth-order valence-corrected chi connectivity index (χ4v) is 2.55. The fraction of sp³-hybridized carbons (Fsp3) is 1.00. The molecule has 0 bridgehead atoms. The van der Waals surface area contributed by atoms with Crippen molar-refractivity contribution in [1.82, 2.24) is 5.32 Å². The number of rotatable bonds is 8. The molecule has 0 aromatic carbocycles. The summed E-state index contributed by atoms with van der Waals surface area (Å²) in [5.41, 5.74) is 0.459. The van der Waals surface area contributed by atoms with Crippen LogP contribution in [0, 0.1) is 5.41 Å². The Balaban J connectivity index is 2.14. The minimum atomic E-state index is 0.459. The Morgan fingerprint density at radius 3 is 2.60 bits per heavy atom. The molecule has 1 N–H and O–H groups in total. The number of hydrogen-bond acceptors (Lipinski definition) is 2. The molecule has 1 saturated heterocycles. The third-order valence-corrected chi connectivity index (χ3v) is 3.55. The largest absolute Gasteiger partial charge is 0.381 e. The molecule has 1 heterocycles. The van der Waals surface area contributed by atoms with Crippen LogP contribution in [0.25, 0.3) is 0 Å². The maximum Gasteiger partial charge on any atom is 0.0535 e. The van der Waals surface area contributed by atoms with Crippen molar-refractivity contribution in [3.63, 3.8) is 0 Å². The Labute approximate surface area is 94.8 Å². The van der Waals surface area contributed by atoms with Crippen molar-refractivity contribution in [1.29, 1.82) is 0 Å². The van der Waals surface area contributed by atoms with Crippen LogP contribution in [0.15, 0.2) is 0 Å². The summed E-state index contributed by atoms with van der Waals surface area (Å²) < 4.78 is 5.55. The molecule has 1 aliphatic heterocycles. The molecule has 0 aromatic rings. The summed E-state index contributed by atoms with van der Waals surface area (Å²) in [6, 6.07) is 0. The number of ether oxygens (including phenoxy) is 1. The summed E-state index contributed by atoms with van der Waals surface area (Å²) in [7, 11) is 2.05. The summed E-state index contributed by atoms with van der Waals surface area (Å²) in [5, 5.41) is 3.32. The molecule has 0 spiro atoms. The molecule has 1 atom stereocenters. The van der Waals surface area contributed by atoms with Crippen LogP contribution >= 0.6 is 0 Å². The highest BCUT2D eigenvalue weighted by Gasteiger charge is 2.33. The third kappa shape index (κ3) is 4.52. The average Bonchev–Trinajstić information content (AvgIpc) is 2.67. The van der Waals surface area contributed by atoms with Gasteiger partial charge in [0.1, 0.15) is 0 Å². The van der Waals surface area contributed by atoms with Gasteiger partial charge in [-0.2, -0.15) is 0 Å². The summed E-state index contributed by atoms with van der Waals surface area (Å²) in [6.45, 7) is 5.34. The van der Waals surface area contributed by atoms with E-state index in [2.05, 4.69) is 19.3 Å². The van der Waals surface area contributed by atoms with Gasteiger partial charge in [0.15, 0.2) is 0 Å². The Bertz CT molecular complexity index is 153. The average molecular weight is 213 g/mol. The van der Waals surface area contributed by atoms with Crippen molar-refractivity contribution < 1.29 is 4.74 Å². The Kier molecular flexibility index (Phi) is 6.26. The van der Waals surface area contributed by atoms with E-state index in [1.165, 1.54) is 44.9 Å². The van der Waals surface area contributed by atoms with Crippen LogP contribution in [0.3, 0.4) is 0 Å². The van der Waals surface area contributed by atoms with Gasteiger partial charge in [-0.1, -0.05) is 39.0 Å². The second-order valence-electron chi connectivity index (χ2n) is 5.00. The Morgan fingerprint density at radius 1 is 1.20 bits per heavy atom. The molecule has 0 amide bonds. The number of hydrogen-bond donors (Lipinski definition) is 1. The van der Waals surface area contributed by atoms with Crippen molar-refractivity contribution in [2.45, 2.75) is 51.9 Å². The van der Waals surface area contributed by atoms with Crippen molar-refractivity contribution in [3.05, 3.63) is 0 Å². The van der Waals surface area contributed by atoms with E-state index < -0.39 is 0 Å². The van der Waals surface area contributed by atoms with Gasteiger partial charge >= 0.3 is 0 Å². The molecule has 1 fully saturated rings. The van der Waals surface area contributed by atoms with E-state index in [9.17, 15) is 0 Å². The van der Waals surface area contributed by atoms with Crippen LogP contribution in [0.4, 0.5) is 0 Å². The predicted molar refractivity (Wildman–Crippen MR) is 65.2 cm³/mol. The summed E-state index contributed by atoms with van der Waals surface area (Å²) in [6.07, 6.45) is 9.52. The van der Waals surface area contributed by atoms with Gasteiger partial charge in [0.25, 0.3) is 0 Å². The molecule has 0 aliphatic carbocycles. The summed E-state index contributed by atoms with van der Waals surface area (Å²) in [5.74, 6) is 0. The van der Waals surface area contributed by atoms with Gasteiger partial charge in [-0.15, -0.1) is 0 Å². The lowest BCUT2D eigenvalue weighted by Crippen LogP contribution is -2.33. The Hall–Kier alpha value is -0.0800. The smallest absolute Gasteiger partial charge is 0.0535 e. The molecule has 1 unspecified atom stereocenters. The minimum Gasteiger partial charge on any atom is -0.381 e. The second-order valence-corrected chi connectivity index (χ2v) is 5.00. The first-order chi connectivity index (χ1) is 7.33. The third-order valence-electron chi connectivity index (χ3n) is 3.55. The maximum atomic E-state index is 5.55. The topological polar surface area (TPSA) is 21.3 Å². The van der Waals surface area contributed by atoms with E-state index >= 15 is 0 Å². The van der Waals surface area contributed by atoms with Gasteiger partial charge in [0.05, 0.1) is 6.61 Å². The molecule has 0 aromatic heterocycles. The second kappa shape index (κ2) is 7.24. The lowest BCUT2D eigenvalue weighted by atomic mass is 9.82. The summed E-state index contributed by atoms with van der Waals surface area (Å²) >= 11 is 0. The first kappa shape index (κ1) is 13.0. The van der Waals surface area contributed by atoms with E-state index in [-0.39, 0.29) is 0 Å². The highest BCUT2D eigenvalue weighted by Crippen LogP contribution is 2.33. The minimum absolute atomic E-state index is 0.459. The first-order valence-electron chi connectivity index (χ1n) is 6.55. The van der Waals surface area contributed by atoms with Gasteiger partial charge in [-0.3, -0.25) is 0 Å². The van der Waals surface area contributed by atoms with Gasteiger partial charge in [-0.25, -0.2) is 0 Å². The van der Waals surface area contributed by atoms with Crippen molar-refractivity contribution in [2.75, 3.05) is 26.8 Å². The lowest BCUT2D eigenvalue weighted by Gasteiger charge is -2.27. The summed E-state index contributed by atoms with van der Waals surface area (Å²) in [4.78, 5) is 0. The lowest BCUT2D eigenvalue weighted by molar-refractivity contribution is 0.143. The number of unbranched alkanes of at least 4 members (excludes halogenated alkanes) is 4. The SMILES string of the molecule is CCCCCCCC1(CNC)CCOC1. The monoisotopic (exact) mass is 213 g/mol. The van der Waals surface area contributed by atoms with E-state index in [4.69, 9.17) is 4.74 Å². The molecule has 0 saturated carbocycles. The van der Waals surface area contributed by atoms with Crippen LogP contribution in [0.2, 0.25) is 0 Å². The van der Waals surface area contributed by atoms with Crippen LogP contribution < -0.4 is 5.32 Å². The highest BCUT2D eigenvalue weighted by atomic mass is 16.5. The van der Waals surface area contributed by atoms with E-state index in [1.807, 2.05) is 0 Å². The van der Waals surface area contributed by atoms with Crippen molar-refractivity contribution in [2.24, 2.45) is 5.41 Å². The fourth-order valence-electron chi connectivity index (χ4n) is 2.55. The predicted octanol–water partition coefficient (Wildman–Crippen LogP) is 2.97. The zero-order valence-electron chi connectivity index (χ0n) is 10.5. The Morgan fingerprint density at radius 2 is 2.00 bits per heavy atom. The van der Waals surface area contributed by atoms with Crippen LogP contribution in [-0.4, -0.2) is 26.8 Å². The molecule has 2 heteroatoms. The van der Waals surface area contributed by atoms with Crippen molar-refractivity contribution >= 4 is 0 Å². The highest BCUT2D eigenvalue weighted by molar-refractivity contribution is 4.84. The molecule has 15 heavy (non-hydrogen) atoms. The first-order valence-corrected chi connectivity index (χ1v) is 6.55. The van der Waals surface area contributed by atoms with E-state index in [1.54, 1.807) is 0 Å². The van der Waals surface area contributed by atoms with Gasteiger partial charge in [0, 0.05) is 18.6 Å². The maximum absolute atomic E-state index is 5.55. The van der Waals surface area contributed by atoms with Gasteiger partial charge < -0.3 is 10.1 Å². The van der Waals surface area contributed by atoms with E-state index in [0.29, 0.717) is 5.41 Å². The molecule has 2 nitrogen and oxygen atoms in total. The molecule has 1 aliphatic rings. The zero-order valence-corrected chi connectivity index (χ0v) is 10.5. The van der Waals surface area contributed by atoms with Crippen molar-refractivity contribution in [3.8, 4) is 0 Å². The molecule has 0 radical (unpaired) electrons. The normalized spacial score (nSPS) is 26.0. The molecular formula is C13H27NO. The quantitative estimate of drug-likeness (QED) is 0.626. The van der Waals surface area contributed by atoms with Crippen LogP contribution in [-0.2, 0) is 4.74 Å². The van der Waals surface area contributed by atoms with Crippen LogP contribution in [0.5, 0.6) is 0 Å². The molecule has 1 rings (SSSR count). The van der Waals surface area contributed by atoms with Gasteiger partial charge in [-0.05, 0) is 19.9 Å².